The molecule has 1 N–H and O–H groups in total. The molecule has 1 aromatic carbocycles. The number of alkyl halides is 1. The molecule has 11 heavy (non-hydrogen) atoms. The minimum Gasteiger partial charge on any atom is -0.387 e. The smallest absolute Gasteiger partial charge is 0.0913 e. The molecular formula is C9H9IO. The molecule has 0 fully saturated rings. The number of hydrogen-bond acceptors (Lipinski definition) is 1. The molecule has 2 rings (SSSR count). The van der Waals surface area contributed by atoms with Gasteiger partial charge in [-0.3, -0.25) is 0 Å². The van der Waals surface area contributed by atoms with E-state index in [0.717, 1.165) is 12.0 Å². The van der Waals surface area contributed by atoms with Gasteiger partial charge in [0.1, 0.15) is 0 Å². The average Bonchev–Trinajstić information content (AvgIpc) is 2.30. The lowest BCUT2D eigenvalue weighted by molar-refractivity contribution is 0.190. The van der Waals surface area contributed by atoms with Gasteiger partial charge in [-0.25, -0.2) is 0 Å². The molecule has 1 aromatic rings. The van der Waals surface area contributed by atoms with Gasteiger partial charge in [-0.05, 0) is 17.5 Å². The highest BCUT2D eigenvalue weighted by molar-refractivity contribution is 14.1. The van der Waals surface area contributed by atoms with Crippen LogP contribution in [0, 0.1) is 0 Å². The number of halogens is 1. The van der Waals surface area contributed by atoms with Gasteiger partial charge in [-0.2, -0.15) is 0 Å². The second-order valence-corrected chi connectivity index (χ2v) is 4.46. The Balaban J connectivity index is 2.47. The first-order chi connectivity index (χ1) is 5.29. The Bertz CT molecular complexity index is 272. The minimum absolute atomic E-state index is 0.244. The van der Waals surface area contributed by atoms with Crippen LogP contribution in [0.3, 0.4) is 0 Å². The topological polar surface area (TPSA) is 20.2 Å². The number of hydrogen-bond donors (Lipinski definition) is 1. The molecule has 0 unspecified atom stereocenters. The lowest BCUT2D eigenvalue weighted by Crippen LogP contribution is -2.03. The quantitative estimate of drug-likeness (QED) is 0.559. The van der Waals surface area contributed by atoms with Crippen LogP contribution in [0.15, 0.2) is 24.3 Å². The van der Waals surface area contributed by atoms with Crippen LogP contribution in [0.25, 0.3) is 0 Å². The molecule has 0 bridgehead atoms. The Kier molecular flexibility index (Phi) is 1.89. The van der Waals surface area contributed by atoms with E-state index in [1.807, 2.05) is 18.2 Å². The maximum absolute atomic E-state index is 9.64. The maximum Gasteiger partial charge on any atom is 0.0913 e. The van der Waals surface area contributed by atoms with E-state index in [1.54, 1.807) is 0 Å². The molecule has 2 atom stereocenters. The first kappa shape index (κ1) is 7.55. The van der Waals surface area contributed by atoms with Crippen molar-refractivity contribution >= 4 is 22.6 Å². The lowest BCUT2D eigenvalue weighted by atomic mass is 10.1. The van der Waals surface area contributed by atoms with E-state index >= 15 is 0 Å². The van der Waals surface area contributed by atoms with E-state index in [4.69, 9.17) is 0 Å². The Hall–Kier alpha value is -0.0900. The molecular weight excluding hydrogens is 251 g/mol. The van der Waals surface area contributed by atoms with Gasteiger partial charge in [0.15, 0.2) is 0 Å². The van der Waals surface area contributed by atoms with Crippen LogP contribution in [0.5, 0.6) is 0 Å². The summed E-state index contributed by atoms with van der Waals surface area (Å²) in [5, 5.41) is 9.64. The van der Waals surface area contributed by atoms with Crippen LogP contribution in [0.2, 0.25) is 0 Å². The van der Waals surface area contributed by atoms with Crippen molar-refractivity contribution in [3.8, 4) is 0 Å². The van der Waals surface area contributed by atoms with Crippen molar-refractivity contribution in [1.29, 1.82) is 0 Å². The molecule has 0 radical (unpaired) electrons. The van der Waals surface area contributed by atoms with Crippen LogP contribution < -0.4 is 0 Å². The van der Waals surface area contributed by atoms with Crippen LogP contribution >= 0.6 is 22.6 Å². The van der Waals surface area contributed by atoms with Gasteiger partial charge < -0.3 is 5.11 Å². The molecule has 1 aliphatic rings. The van der Waals surface area contributed by atoms with E-state index < -0.39 is 0 Å². The zero-order valence-corrected chi connectivity index (χ0v) is 8.15. The predicted molar refractivity (Wildman–Crippen MR) is 52.9 cm³/mol. The molecule has 2 heteroatoms. The molecule has 0 aromatic heterocycles. The number of aliphatic hydroxyl groups is 1. The fraction of sp³-hybridized carbons (Fsp3) is 0.333. The molecule has 58 valence electrons. The van der Waals surface area contributed by atoms with Crippen LogP contribution in [-0.2, 0) is 6.42 Å². The molecule has 0 heterocycles. The lowest BCUT2D eigenvalue weighted by Gasteiger charge is -2.05. The molecule has 1 aliphatic carbocycles. The SMILES string of the molecule is O[C@@H]1c2ccccc2C[C@@H]1I. The third-order valence-corrected chi connectivity index (χ3v) is 3.25. The molecule has 0 saturated heterocycles. The van der Waals surface area contributed by atoms with Crippen LogP contribution in [0.4, 0.5) is 0 Å². The zero-order chi connectivity index (χ0) is 7.84. The summed E-state index contributed by atoms with van der Waals surface area (Å²) >= 11 is 2.30. The van der Waals surface area contributed by atoms with Gasteiger partial charge in [0.25, 0.3) is 0 Å². The Morgan fingerprint density at radius 1 is 1.36 bits per heavy atom. The average molecular weight is 260 g/mol. The zero-order valence-electron chi connectivity index (χ0n) is 6.00. The Morgan fingerprint density at radius 3 is 2.82 bits per heavy atom. The van der Waals surface area contributed by atoms with Crippen LogP contribution in [0.1, 0.15) is 17.2 Å². The first-order valence-corrected chi connectivity index (χ1v) is 4.93. The van der Waals surface area contributed by atoms with Gasteiger partial charge in [0, 0.05) is 3.92 Å². The van der Waals surface area contributed by atoms with Gasteiger partial charge in [0.2, 0.25) is 0 Å². The van der Waals surface area contributed by atoms with Crippen molar-refractivity contribution < 1.29 is 5.11 Å². The van der Waals surface area contributed by atoms with E-state index in [0.29, 0.717) is 3.92 Å². The summed E-state index contributed by atoms with van der Waals surface area (Å²) in [5.74, 6) is 0. The first-order valence-electron chi connectivity index (χ1n) is 3.69. The summed E-state index contributed by atoms with van der Waals surface area (Å²) in [7, 11) is 0. The predicted octanol–water partition coefficient (Wildman–Crippen LogP) is 2.08. The molecule has 0 saturated carbocycles. The highest BCUT2D eigenvalue weighted by Gasteiger charge is 2.27. The monoisotopic (exact) mass is 260 g/mol. The molecule has 0 aliphatic heterocycles. The van der Waals surface area contributed by atoms with Crippen molar-refractivity contribution in [3.05, 3.63) is 35.4 Å². The summed E-state index contributed by atoms with van der Waals surface area (Å²) in [5.41, 5.74) is 2.42. The van der Waals surface area contributed by atoms with E-state index in [9.17, 15) is 5.11 Å². The molecule has 0 amide bonds. The normalized spacial score (nSPS) is 28.5. The summed E-state index contributed by atoms with van der Waals surface area (Å²) in [6.45, 7) is 0. The van der Waals surface area contributed by atoms with E-state index in [2.05, 4.69) is 28.7 Å². The van der Waals surface area contributed by atoms with E-state index in [1.165, 1.54) is 5.56 Å². The highest BCUT2D eigenvalue weighted by atomic mass is 127. The van der Waals surface area contributed by atoms with Gasteiger partial charge in [-0.15, -0.1) is 0 Å². The third kappa shape index (κ3) is 1.18. The second-order valence-electron chi connectivity index (χ2n) is 2.86. The van der Waals surface area contributed by atoms with Crippen molar-refractivity contribution in [3.63, 3.8) is 0 Å². The largest absolute Gasteiger partial charge is 0.387 e. The minimum atomic E-state index is -0.244. The molecule has 1 nitrogen and oxygen atoms in total. The van der Waals surface area contributed by atoms with Gasteiger partial charge >= 0.3 is 0 Å². The number of fused-ring (bicyclic) bond motifs is 1. The summed E-state index contributed by atoms with van der Waals surface area (Å²) in [6, 6.07) is 8.12. The summed E-state index contributed by atoms with van der Waals surface area (Å²) in [4.78, 5) is 0. The summed E-state index contributed by atoms with van der Waals surface area (Å²) < 4.78 is 0.366. The van der Waals surface area contributed by atoms with E-state index in [-0.39, 0.29) is 6.10 Å². The van der Waals surface area contributed by atoms with Gasteiger partial charge in [0.05, 0.1) is 6.10 Å². The van der Waals surface area contributed by atoms with Crippen LogP contribution in [-0.4, -0.2) is 9.03 Å². The fourth-order valence-corrected chi connectivity index (χ4v) is 2.39. The van der Waals surface area contributed by atoms with Crippen molar-refractivity contribution in [2.45, 2.75) is 16.4 Å². The maximum atomic E-state index is 9.64. The standard InChI is InChI=1S/C9H9IO/c10-8-5-6-3-1-2-4-7(6)9(8)11/h1-4,8-9,11H,5H2/t8-,9+/m0/s1. The number of rotatable bonds is 0. The van der Waals surface area contributed by atoms with Crippen molar-refractivity contribution in [2.24, 2.45) is 0 Å². The Labute approximate surface area is 79.6 Å². The number of aliphatic hydroxyl groups excluding tert-OH is 1. The summed E-state index contributed by atoms with van der Waals surface area (Å²) in [6.07, 6.45) is 0.768. The fourth-order valence-electron chi connectivity index (χ4n) is 1.53. The molecule has 0 spiro atoms. The number of benzene rings is 1. The Morgan fingerprint density at radius 2 is 2.09 bits per heavy atom. The highest BCUT2D eigenvalue weighted by Crippen LogP contribution is 2.35. The van der Waals surface area contributed by atoms with Crippen molar-refractivity contribution in [2.75, 3.05) is 0 Å². The van der Waals surface area contributed by atoms with Crippen molar-refractivity contribution in [1.82, 2.24) is 0 Å². The second kappa shape index (κ2) is 2.75. The van der Waals surface area contributed by atoms with Gasteiger partial charge in [-0.1, -0.05) is 46.9 Å². The third-order valence-electron chi connectivity index (χ3n) is 2.13.